The van der Waals surface area contributed by atoms with Crippen LogP contribution in [0.5, 0.6) is 5.88 Å². The summed E-state index contributed by atoms with van der Waals surface area (Å²) in [5.41, 5.74) is 3.60. The van der Waals surface area contributed by atoms with Gasteiger partial charge in [0.1, 0.15) is 27.6 Å². The summed E-state index contributed by atoms with van der Waals surface area (Å²) in [5, 5.41) is 15.2. The van der Waals surface area contributed by atoms with E-state index < -0.39 is 6.04 Å². The molecule has 0 spiro atoms. The molecule has 5 aromatic rings. The fourth-order valence-electron chi connectivity index (χ4n) is 3.98. The van der Waals surface area contributed by atoms with Crippen LogP contribution in [0.2, 0.25) is 10.2 Å². The fraction of sp³-hybridized carbons (Fsp3) is 0.111. The van der Waals surface area contributed by atoms with Gasteiger partial charge in [-0.15, -0.1) is 5.10 Å². The summed E-state index contributed by atoms with van der Waals surface area (Å²) in [6.07, 6.45) is 6.68. The highest BCUT2D eigenvalue weighted by Gasteiger charge is 2.21. The molecule has 3 heterocycles. The predicted molar refractivity (Wildman–Crippen MR) is 161 cm³/mol. The van der Waals surface area contributed by atoms with Gasteiger partial charge in [-0.2, -0.15) is 4.68 Å². The first-order valence-electron chi connectivity index (χ1n) is 12.0. The minimum Gasteiger partial charge on any atom is -0.467 e. The number of hydrogen-bond acceptors (Lipinski definition) is 7. The Morgan fingerprint density at radius 2 is 2.00 bits per heavy atom. The zero-order valence-electron chi connectivity index (χ0n) is 20.7. The molecule has 0 fully saturated rings. The molecular weight excluding hydrogens is 666 g/mol. The van der Waals surface area contributed by atoms with Gasteiger partial charge in [-0.3, -0.25) is 4.79 Å². The predicted octanol–water partition coefficient (Wildman–Crippen LogP) is 5.64. The second-order valence-electron chi connectivity index (χ2n) is 8.46. The van der Waals surface area contributed by atoms with E-state index in [1.807, 2.05) is 36.4 Å². The number of aromatic amines is 1. The van der Waals surface area contributed by atoms with Crippen molar-refractivity contribution in [1.82, 2.24) is 40.5 Å². The highest BCUT2D eigenvalue weighted by Crippen LogP contribution is 2.29. The number of H-pyrrole nitrogens is 1. The minimum absolute atomic E-state index is 0.334. The number of halogens is 3. The number of rotatable bonds is 10. The van der Waals surface area contributed by atoms with Gasteiger partial charge >= 0.3 is 0 Å². The number of carbonyl (C=O) groups is 1. The van der Waals surface area contributed by atoms with E-state index in [1.165, 1.54) is 17.1 Å². The molecule has 0 saturated heterocycles. The van der Waals surface area contributed by atoms with E-state index in [9.17, 15) is 4.79 Å². The lowest BCUT2D eigenvalue weighted by atomic mass is 10.1. The molecule has 0 aliphatic rings. The molecule has 2 N–H and O–H groups in total. The zero-order valence-corrected chi connectivity index (χ0v) is 24.4. The van der Waals surface area contributed by atoms with Crippen LogP contribution in [0, 0.1) is 0 Å². The molecule has 40 heavy (non-hydrogen) atoms. The van der Waals surface area contributed by atoms with Gasteiger partial charge in [0.05, 0.1) is 11.7 Å². The largest absolute Gasteiger partial charge is 0.467 e. The van der Waals surface area contributed by atoms with Crippen LogP contribution in [0.1, 0.15) is 23.0 Å². The minimum atomic E-state index is -0.501. The van der Waals surface area contributed by atoms with Crippen LogP contribution in [0.25, 0.3) is 23.0 Å². The van der Waals surface area contributed by atoms with Gasteiger partial charge in [0.2, 0.25) is 11.8 Å². The summed E-state index contributed by atoms with van der Waals surface area (Å²) >= 11 is 14.9. The Morgan fingerprint density at radius 1 is 1.15 bits per heavy atom. The molecule has 3 aromatic heterocycles. The first kappa shape index (κ1) is 27.7. The van der Waals surface area contributed by atoms with Crippen LogP contribution in [0.3, 0.4) is 0 Å². The number of pyridine rings is 1. The van der Waals surface area contributed by atoms with E-state index in [1.54, 1.807) is 36.5 Å². The molecule has 0 saturated carbocycles. The quantitative estimate of drug-likeness (QED) is 0.111. The Bertz CT molecular complexity index is 1610. The molecule has 1 amide bonds. The third-order valence-corrected chi connectivity index (χ3v) is 6.64. The number of nitrogens with zero attached hydrogens (tertiary/aromatic N) is 6. The number of amides is 1. The Balaban J connectivity index is 1.40. The molecule has 5 rings (SSSR count). The molecule has 10 nitrogen and oxygen atoms in total. The van der Waals surface area contributed by atoms with Gasteiger partial charge < -0.3 is 15.0 Å². The summed E-state index contributed by atoms with van der Waals surface area (Å²) in [5.74, 6) is 0.684. The first-order valence-corrected chi connectivity index (χ1v) is 14.2. The standard InChI is InChI=1S/C27H21Cl2IN8O2/c28-20-8-9-22(38-16-32-36-37-38)18(13-20)6-10-23(39)33-21(12-17-4-2-1-3-5-17)27-34-25(26(29)35-27)19-7-11-24(31-14-19)40-15-30/h1-11,13-14,16,21H,12,15H2,(H,33,39)(H,34,35)/b10-6+/t21-/m0/s1. The number of benzene rings is 2. The summed E-state index contributed by atoms with van der Waals surface area (Å²) in [6, 6.07) is 18.1. The first-order chi connectivity index (χ1) is 19.5. The van der Waals surface area contributed by atoms with Crippen LogP contribution in [-0.4, -0.2) is 45.7 Å². The number of aromatic nitrogens is 7. The summed E-state index contributed by atoms with van der Waals surface area (Å²) < 4.78 is 7.40. The molecule has 0 bridgehead atoms. The average molecular weight is 687 g/mol. The highest BCUT2D eigenvalue weighted by molar-refractivity contribution is 14.1. The van der Waals surface area contributed by atoms with Gasteiger partial charge in [0.15, 0.2) is 0 Å². The molecule has 2 aromatic carbocycles. The van der Waals surface area contributed by atoms with Gasteiger partial charge in [-0.1, -0.05) is 53.5 Å². The molecule has 0 radical (unpaired) electrons. The number of alkyl halides is 1. The van der Waals surface area contributed by atoms with Crippen molar-refractivity contribution in [3.05, 3.63) is 106 Å². The van der Waals surface area contributed by atoms with E-state index in [0.29, 0.717) is 55.4 Å². The number of hydrogen-bond donors (Lipinski definition) is 2. The lowest BCUT2D eigenvalue weighted by Crippen LogP contribution is -2.29. The molecule has 1 atom stereocenters. The normalized spacial score (nSPS) is 12.0. The molecule has 202 valence electrons. The Hall–Kier alpha value is -3.81. The molecule has 0 aliphatic carbocycles. The van der Waals surface area contributed by atoms with Crippen LogP contribution in [0.4, 0.5) is 0 Å². The van der Waals surface area contributed by atoms with Crippen molar-refractivity contribution in [2.45, 2.75) is 12.5 Å². The third-order valence-electron chi connectivity index (χ3n) is 5.82. The van der Waals surface area contributed by atoms with Crippen LogP contribution < -0.4 is 10.1 Å². The molecule has 13 heteroatoms. The Kier molecular flexibility index (Phi) is 9.04. The highest BCUT2D eigenvalue weighted by atomic mass is 127. The smallest absolute Gasteiger partial charge is 0.244 e. The number of ether oxygens (including phenoxy) is 1. The SMILES string of the molecule is O=C(/C=C/c1cc(Cl)ccc1-n1cnnn1)N[C@@H](Cc1ccccc1)c1nc(-c2ccc(OCI)nc2)c(Cl)[nH]1. The maximum Gasteiger partial charge on any atom is 0.244 e. The van der Waals surface area contributed by atoms with Crippen molar-refractivity contribution in [1.29, 1.82) is 0 Å². The van der Waals surface area contributed by atoms with Crippen molar-refractivity contribution in [2.75, 3.05) is 4.61 Å². The van der Waals surface area contributed by atoms with Crippen LogP contribution >= 0.6 is 45.8 Å². The van der Waals surface area contributed by atoms with Crippen molar-refractivity contribution in [2.24, 2.45) is 0 Å². The average Bonchev–Trinajstić information content (AvgIpc) is 3.63. The summed E-state index contributed by atoms with van der Waals surface area (Å²) in [4.78, 5) is 25.3. The van der Waals surface area contributed by atoms with Gasteiger partial charge in [0, 0.05) is 34.5 Å². The molecular formula is C27H21Cl2IN8O2. The monoisotopic (exact) mass is 686 g/mol. The van der Waals surface area contributed by atoms with E-state index in [4.69, 9.17) is 32.9 Å². The van der Waals surface area contributed by atoms with Gasteiger partial charge in [-0.05, 0) is 75.3 Å². The van der Waals surface area contributed by atoms with Crippen molar-refractivity contribution in [3.63, 3.8) is 0 Å². The van der Waals surface area contributed by atoms with E-state index in [-0.39, 0.29) is 5.91 Å². The fourth-order valence-corrected chi connectivity index (χ4v) is 4.73. The van der Waals surface area contributed by atoms with Crippen molar-refractivity contribution < 1.29 is 9.53 Å². The second-order valence-corrected chi connectivity index (χ2v) is 9.90. The lowest BCUT2D eigenvalue weighted by Gasteiger charge is -2.16. The van der Waals surface area contributed by atoms with E-state index >= 15 is 0 Å². The van der Waals surface area contributed by atoms with E-state index in [0.717, 1.165) is 5.56 Å². The number of carbonyl (C=O) groups excluding carboxylic acids is 1. The second kappa shape index (κ2) is 13.0. The van der Waals surface area contributed by atoms with Crippen molar-refractivity contribution >= 4 is 57.8 Å². The third kappa shape index (κ3) is 6.84. The topological polar surface area (TPSA) is 124 Å². The van der Waals surface area contributed by atoms with Gasteiger partial charge in [0.25, 0.3) is 0 Å². The number of nitrogens with one attached hydrogen (secondary N) is 2. The number of tetrazole rings is 1. The zero-order chi connectivity index (χ0) is 27.9. The Morgan fingerprint density at radius 3 is 2.73 bits per heavy atom. The summed E-state index contributed by atoms with van der Waals surface area (Å²) in [7, 11) is 0. The molecule has 0 unspecified atom stereocenters. The van der Waals surface area contributed by atoms with Crippen molar-refractivity contribution in [3.8, 4) is 22.8 Å². The maximum absolute atomic E-state index is 13.2. The van der Waals surface area contributed by atoms with Gasteiger partial charge in [-0.25, -0.2) is 9.97 Å². The lowest BCUT2D eigenvalue weighted by molar-refractivity contribution is -0.117. The summed E-state index contributed by atoms with van der Waals surface area (Å²) in [6.45, 7) is 0. The van der Waals surface area contributed by atoms with E-state index in [2.05, 4.69) is 53.4 Å². The van der Waals surface area contributed by atoms with Crippen LogP contribution in [-0.2, 0) is 11.2 Å². The molecule has 0 aliphatic heterocycles. The van der Waals surface area contributed by atoms with Crippen LogP contribution in [0.15, 0.2) is 79.3 Å². The Labute approximate surface area is 252 Å². The number of imidazole rings is 1. The maximum atomic E-state index is 13.2.